The van der Waals surface area contributed by atoms with Crippen LogP contribution in [0.25, 0.3) is 0 Å². The Morgan fingerprint density at radius 3 is 2.62 bits per heavy atom. The summed E-state index contributed by atoms with van der Waals surface area (Å²) in [5.41, 5.74) is 0.978. The predicted octanol–water partition coefficient (Wildman–Crippen LogP) is 3.03. The first kappa shape index (κ1) is 12.0. The molecule has 1 rings (SSSR count). The molecular weight excluding hydrogens is 200 g/mol. The van der Waals surface area contributed by atoms with E-state index in [1.165, 1.54) is 6.08 Å². The molecule has 0 bridgehead atoms. The molecule has 0 spiro atoms. The van der Waals surface area contributed by atoms with Crippen LogP contribution in [0.4, 0.5) is 0 Å². The van der Waals surface area contributed by atoms with Gasteiger partial charge in [0, 0.05) is 6.08 Å². The molecule has 0 aliphatic carbocycles. The maximum atomic E-state index is 11.2. The van der Waals surface area contributed by atoms with Crippen molar-refractivity contribution in [3.05, 3.63) is 72.9 Å². The number of hydrogen-bond donors (Lipinski definition) is 0. The van der Waals surface area contributed by atoms with Crippen LogP contribution < -0.4 is 0 Å². The van der Waals surface area contributed by atoms with Crippen LogP contribution >= 0.6 is 0 Å². The molecule has 2 heteroatoms. The van der Waals surface area contributed by atoms with Crippen LogP contribution in [0.1, 0.15) is 5.56 Å². The van der Waals surface area contributed by atoms with Gasteiger partial charge in [-0.15, -0.1) is 0 Å². The molecule has 16 heavy (non-hydrogen) atoms. The number of ether oxygens (including phenoxy) is 1. The van der Waals surface area contributed by atoms with Crippen molar-refractivity contribution >= 4 is 5.97 Å². The first-order chi connectivity index (χ1) is 7.83. The van der Waals surface area contributed by atoms with E-state index in [-0.39, 0.29) is 5.97 Å². The van der Waals surface area contributed by atoms with Gasteiger partial charge in [-0.1, -0.05) is 61.2 Å². The minimum absolute atomic E-state index is 0.301. The van der Waals surface area contributed by atoms with E-state index in [2.05, 4.69) is 6.58 Å². The molecule has 0 aliphatic heterocycles. The summed E-state index contributed by atoms with van der Waals surface area (Å²) in [5.74, 6) is -0.349. The summed E-state index contributed by atoms with van der Waals surface area (Å²) in [6.07, 6.45) is 8.09. The van der Waals surface area contributed by atoms with E-state index in [1.807, 2.05) is 30.3 Å². The molecule has 0 unspecified atom stereocenters. The summed E-state index contributed by atoms with van der Waals surface area (Å²) in [6, 6.07) is 9.56. The van der Waals surface area contributed by atoms with E-state index < -0.39 is 0 Å². The van der Waals surface area contributed by atoms with Crippen LogP contribution in [0.2, 0.25) is 0 Å². The van der Waals surface area contributed by atoms with Crippen molar-refractivity contribution < 1.29 is 9.53 Å². The molecule has 0 heterocycles. The number of rotatable bonds is 5. The second kappa shape index (κ2) is 7.23. The summed E-state index contributed by atoms with van der Waals surface area (Å²) < 4.78 is 5.02. The lowest BCUT2D eigenvalue weighted by molar-refractivity contribution is -0.139. The van der Waals surface area contributed by atoms with Gasteiger partial charge < -0.3 is 4.74 Å². The lowest BCUT2D eigenvalue weighted by Gasteiger charge is -2.00. The standard InChI is InChI=1S/C14H14O2/c1-2-3-4-8-11-14(15)16-12-13-9-6-5-7-10-13/h2-11H,1,12H2/b4-3+,11-8+. The highest BCUT2D eigenvalue weighted by molar-refractivity contribution is 5.82. The van der Waals surface area contributed by atoms with E-state index in [0.717, 1.165) is 5.56 Å². The predicted molar refractivity (Wildman–Crippen MR) is 64.7 cm³/mol. The smallest absolute Gasteiger partial charge is 0.331 e. The summed E-state index contributed by atoms with van der Waals surface area (Å²) in [7, 11) is 0. The van der Waals surface area contributed by atoms with Crippen LogP contribution in [0.3, 0.4) is 0 Å². The Balaban J connectivity index is 2.33. The molecule has 82 valence electrons. The fourth-order valence-corrected chi connectivity index (χ4v) is 1.05. The van der Waals surface area contributed by atoms with Crippen LogP contribution in [0.15, 0.2) is 67.3 Å². The SMILES string of the molecule is C=C/C=C/C=C/C(=O)OCc1ccccc1. The Kier molecular flexibility index (Phi) is 5.42. The Hall–Kier alpha value is -2.09. The number of carbonyl (C=O) groups excluding carboxylic acids is 1. The summed E-state index contributed by atoms with van der Waals surface area (Å²) in [6.45, 7) is 3.82. The third-order valence-electron chi connectivity index (χ3n) is 1.81. The van der Waals surface area contributed by atoms with E-state index in [0.29, 0.717) is 6.61 Å². The van der Waals surface area contributed by atoms with Crippen molar-refractivity contribution in [1.29, 1.82) is 0 Å². The van der Waals surface area contributed by atoms with Crippen LogP contribution in [0.5, 0.6) is 0 Å². The zero-order valence-electron chi connectivity index (χ0n) is 9.00. The van der Waals surface area contributed by atoms with Crippen LogP contribution in [-0.4, -0.2) is 5.97 Å². The molecule has 0 fully saturated rings. The molecule has 1 aromatic carbocycles. The van der Waals surface area contributed by atoms with Crippen LogP contribution in [0, 0.1) is 0 Å². The van der Waals surface area contributed by atoms with Gasteiger partial charge in [-0.05, 0) is 5.56 Å². The summed E-state index contributed by atoms with van der Waals surface area (Å²) >= 11 is 0. The Morgan fingerprint density at radius 1 is 1.19 bits per heavy atom. The zero-order valence-corrected chi connectivity index (χ0v) is 9.00. The van der Waals surface area contributed by atoms with Crippen molar-refractivity contribution in [1.82, 2.24) is 0 Å². The molecule has 0 amide bonds. The zero-order chi connectivity index (χ0) is 11.6. The molecule has 1 aromatic rings. The number of hydrogen-bond acceptors (Lipinski definition) is 2. The third-order valence-corrected chi connectivity index (χ3v) is 1.81. The highest BCUT2D eigenvalue weighted by Gasteiger charge is 1.96. The molecular formula is C14H14O2. The van der Waals surface area contributed by atoms with Crippen molar-refractivity contribution in [2.24, 2.45) is 0 Å². The average molecular weight is 214 g/mol. The molecule has 0 aromatic heterocycles. The maximum Gasteiger partial charge on any atom is 0.331 e. The Morgan fingerprint density at radius 2 is 1.94 bits per heavy atom. The fraction of sp³-hybridized carbons (Fsp3) is 0.0714. The first-order valence-electron chi connectivity index (χ1n) is 4.99. The first-order valence-corrected chi connectivity index (χ1v) is 4.99. The number of benzene rings is 1. The van der Waals surface area contributed by atoms with E-state index in [4.69, 9.17) is 4.74 Å². The van der Waals surface area contributed by atoms with Crippen molar-refractivity contribution in [2.75, 3.05) is 0 Å². The topological polar surface area (TPSA) is 26.3 Å². The number of allylic oxidation sites excluding steroid dienone is 4. The number of carbonyl (C=O) groups is 1. The van der Waals surface area contributed by atoms with Gasteiger partial charge in [-0.2, -0.15) is 0 Å². The lowest BCUT2D eigenvalue weighted by Crippen LogP contribution is -2.00. The summed E-state index contributed by atoms with van der Waals surface area (Å²) in [5, 5.41) is 0. The molecule has 0 aliphatic rings. The second-order valence-corrected chi connectivity index (χ2v) is 3.07. The highest BCUT2D eigenvalue weighted by Crippen LogP contribution is 2.00. The molecule has 0 atom stereocenters. The van der Waals surface area contributed by atoms with Gasteiger partial charge >= 0.3 is 5.97 Å². The molecule has 0 N–H and O–H groups in total. The largest absolute Gasteiger partial charge is 0.458 e. The van der Waals surface area contributed by atoms with E-state index in [1.54, 1.807) is 24.3 Å². The van der Waals surface area contributed by atoms with Crippen LogP contribution in [-0.2, 0) is 16.1 Å². The van der Waals surface area contributed by atoms with Crippen molar-refractivity contribution in [2.45, 2.75) is 6.61 Å². The molecule has 2 nitrogen and oxygen atoms in total. The lowest BCUT2D eigenvalue weighted by atomic mass is 10.2. The van der Waals surface area contributed by atoms with E-state index >= 15 is 0 Å². The monoisotopic (exact) mass is 214 g/mol. The average Bonchev–Trinajstić information content (AvgIpc) is 2.33. The van der Waals surface area contributed by atoms with E-state index in [9.17, 15) is 4.79 Å². The van der Waals surface area contributed by atoms with Crippen molar-refractivity contribution in [3.8, 4) is 0 Å². The van der Waals surface area contributed by atoms with Gasteiger partial charge in [0.15, 0.2) is 0 Å². The molecule has 0 saturated carbocycles. The van der Waals surface area contributed by atoms with Gasteiger partial charge in [0.05, 0.1) is 0 Å². The maximum absolute atomic E-state index is 11.2. The quantitative estimate of drug-likeness (QED) is 0.428. The Labute approximate surface area is 95.6 Å². The van der Waals surface area contributed by atoms with Gasteiger partial charge in [-0.3, -0.25) is 0 Å². The van der Waals surface area contributed by atoms with Gasteiger partial charge in [-0.25, -0.2) is 4.79 Å². The van der Waals surface area contributed by atoms with Gasteiger partial charge in [0.2, 0.25) is 0 Å². The normalized spacial score (nSPS) is 10.8. The minimum atomic E-state index is -0.349. The highest BCUT2D eigenvalue weighted by atomic mass is 16.5. The molecule has 0 radical (unpaired) electrons. The third kappa shape index (κ3) is 4.96. The molecule has 0 saturated heterocycles. The Bertz CT molecular complexity index is 388. The van der Waals surface area contributed by atoms with Crippen molar-refractivity contribution in [3.63, 3.8) is 0 Å². The minimum Gasteiger partial charge on any atom is -0.458 e. The second-order valence-electron chi connectivity index (χ2n) is 3.07. The fourth-order valence-electron chi connectivity index (χ4n) is 1.05. The van der Waals surface area contributed by atoms with Gasteiger partial charge in [0.1, 0.15) is 6.61 Å². The number of esters is 1. The summed E-state index contributed by atoms with van der Waals surface area (Å²) in [4.78, 5) is 11.2. The van der Waals surface area contributed by atoms with Gasteiger partial charge in [0.25, 0.3) is 0 Å².